The predicted octanol–water partition coefficient (Wildman–Crippen LogP) is 4.15. The first-order valence-corrected chi connectivity index (χ1v) is 9.76. The third-order valence-corrected chi connectivity index (χ3v) is 5.05. The number of benzene rings is 1. The number of hydrogen-bond acceptors (Lipinski definition) is 6. The summed E-state index contributed by atoms with van der Waals surface area (Å²) in [5, 5.41) is 0.410. The van der Waals surface area contributed by atoms with Crippen molar-refractivity contribution in [2.45, 2.75) is 31.9 Å². The Balaban J connectivity index is 1.79. The first-order chi connectivity index (χ1) is 14.0. The third-order valence-electron chi connectivity index (χ3n) is 4.71. The van der Waals surface area contributed by atoms with Crippen LogP contribution in [0.5, 0.6) is 5.75 Å². The van der Waals surface area contributed by atoms with E-state index in [4.69, 9.17) is 32.5 Å². The van der Waals surface area contributed by atoms with Crippen molar-refractivity contribution in [1.29, 1.82) is 0 Å². The molecule has 1 aliphatic heterocycles. The maximum atomic E-state index is 13.6. The molecule has 1 aromatic heterocycles. The van der Waals surface area contributed by atoms with Gasteiger partial charge in [0.05, 0.1) is 6.04 Å². The maximum Gasteiger partial charge on any atom is 0.166 e. The topological polar surface area (TPSA) is 95.8 Å². The molecule has 6 nitrogen and oxygen atoms in total. The van der Waals surface area contributed by atoms with Gasteiger partial charge >= 0.3 is 0 Å². The van der Waals surface area contributed by atoms with E-state index in [2.05, 4.69) is 9.98 Å². The van der Waals surface area contributed by atoms with Crippen LogP contribution >= 0.6 is 11.6 Å². The van der Waals surface area contributed by atoms with Crippen molar-refractivity contribution in [3.8, 4) is 5.75 Å². The zero-order chi connectivity index (χ0) is 20.8. The Labute approximate surface area is 174 Å². The van der Waals surface area contributed by atoms with Crippen LogP contribution in [-0.4, -0.2) is 30.5 Å². The minimum Gasteiger partial charge on any atom is -0.482 e. The summed E-state index contributed by atoms with van der Waals surface area (Å²) in [6.07, 6.45) is 6.05. The highest BCUT2D eigenvalue weighted by atomic mass is 35.5. The number of aliphatic imine (C=N–C) groups is 1. The molecule has 0 amide bonds. The molecule has 1 aliphatic rings. The van der Waals surface area contributed by atoms with Crippen molar-refractivity contribution in [1.82, 2.24) is 4.98 Å². The second-order valence-electron chi connectivity index (χ2n) is 6.78. The zero-order valence-electron chi connectivity index (χ0n) is 16.1. The van der Waals surface area contributed by atoms with Crippen LogP contribution in [0, 0.1) is 5.82 Å². The lowest BCUT2D eigenvalue weighted by atomic mass is 10.1. The lowest BCUT2D eigenvalue weighted by Gasteiger charge is -2.19. The van der Waals surface area contributed by atoms with Crippen LogP contribution in [0.3, 0.4) is 0 Å². The Hall–Kier alpha value is -2.64. The maximum absolute atomic E-state index is 13.6. The zero-order valence-corrected chi connectivity index (χ0v) is 16.9. The molecule has 0 radical (unpaired) electrons. The van der Waals surface area contributed by atoms with E-state index in [9.17, 15) is 4.39 Å². The van der Waals surface area contributed by atoms with E-state index in [1.807, 2.05) is 0 Å². The largest absolute Gasteiger partial charge is 0.482 e. The van der Waals surface area contributed by atoms with Crippen LogP contribution in [0.4, 0.5) is 10.2 Å². The summed E-state index contributed by atoms with van der Waals surface area (Å²) < 4.78 is 24.9. The average Bonchev–Trinajstić information content (AvgIpc) is 2.73. The van der Waals surface area contributed by atoms with Gasteiger partial charge in [-0.05, 0) is 44.0 Å². The molecule has 2 aromatic rings. The summed E-state index contributed by atoms with van der Waals surface area (Å²) in [4.78, 5) is 8.80. The summed E-state index contributed by atoms with van der Waals surface area (Å²) in [6, 6.07) is 6.08. The SMILES string of the molecule is CC(Oc1cc(C(C=NC2CCOCC2)=CN)cnc1N)c1cc(F)ccc1Cl. The number of allylic oxidation sites excluding steroid dienone is 1. The van der Waals surface area contributed by atoms with Gasteiger partial charge in [0.15, 0.2) is 11.6 Å². The highest BCUT2D eigenvalue weighted by Gasteiger charge is 2.16. The molecule has 3 rings (SSSR count). The molecule has 1 aromatic carbocycles. The van der Waals surface area contributed by atoms with Crippen LogP contribution in [0.1, 0.15) is 37.0 Å². The molecule has 1 atom stereocenters. The molecule has 154 valence electrons. The monoisotopic (exact) mass is 418 g/mol. The van der Waals surface area contributed by atoms with Gasteiger partial charge in [0.25, 0.3) is 0 Å². The van der Waals surface area contributed by atoms with Gasteiger partial charge in [-0.1, -0.05) is 11.6 Å². The van der Waals surface area contributed by atoms with Crippen LogP contribution < -0.4 is 16.2 Å². The summed E-state index contributed by atoms with van der Waals surface area (Å²) in [5.74, 6) is 0.178. The van der Waals surface area contributed by atoms with E-state index in [1.165, 1.54) is 24.4 Å². The van der Waals surface area contributed by atoms with Crippen molar-refractivity contribution in [2.24, 2.45) is 10.7 Å². The van der Waals surface area contributed by atoms with Crippen LogP contribution in [0.15, 0.2) is 41.7 Å². The molecule has 0 spiro atoms. The van der Waals surface area contributed by atoms with E-state index < -0.39 is 11.9 Å². The summed E-state index contributed by atoms with van der Waals surface area (Å²) >= 11 is 6.17. The molecule has 8 heteroatoms. The minimum atomic E-state index is -0.529. The predicted molar refractivity (Wildman–Crippen MR) is 114 cm³/mol. The summed E-state index contributed by atoms with van der Waals surface area (Å²) in [5.41, 5.74) is 13.7. The minimum absolute atomic E-state index is 0.214. The van der Waals surface area contributed by atoms with E-state index >= 15 is 0 Å². The molecule has 2 heterocycles. The lowest BCUT2D eigenvalue weighted by molar-refractivity contribution is 0.0872. The first-order valence-electron chi connectivity index (χ1n) is 9.38. The van der Waals surface area contributed by atoms with Gasteiger partial charge in [-0.2, -0.15) is 0 Å². The molecular weight excluding hydrogens is 395 g/mol. The third kappa shape index (κ3) is 5.46. The highest BCUT2D eigenvalue weighted by molar-refractivity contribution is 6.31. The molecule has 0 saturated carbocycles. The van der Waals surface area contributed by atoms with Gasteiger partial charge in [-0.3, -0.25) is 4.99 Å². The van der Waals surface area contributed by atoms with E-state index in [0.717, 1.165) is 12.8 Å². The fourth-order valence-corrected chi connectivity index (χ4v) is 3.29. The molecule has 29 heavy (non-hydrogen) atoms. The Morgan fingerprint density at radius 3 is 2.86 bits per heavy atom. The molecule has 4 N–H and O–H groups in total. The standard InChI is InChI=1S/C21H24ClFN4O2/c1-13(18-9-16(23)2-3-19(18)22)29-20-8-14(11-27-21(20)25)15(10-24)12-26-17-4-6-28-7-5-17/h2-3,8-13,17H,4-7,24H2,1H3,(H2,25,27). The second kappa shape index (κ2) is 9.71. The fourth-order valence-electron chi connectivity index (χ4n) is 3.02. The Morgan fingerprint density at radius 1 is 1.38 bits per heavy atom. The Morgan fingerprint density at radius 2 is 2.14 bits per heavy atom. The first kappa shape index (κ1) is 21.1. The van der Waals surface area contributed by atoms with Crippen molar-refractivity contribution in [3.63, 3.8) is 0 Å². The van der Waals surface area contributed by atoms with Crippen LogP contribution in [0.25, 0.3) is 5.57 Å². The number of nitrogens with two attached hydrogens (primary N) is 2. The number of aromatic nitrogens is 1. The normalized spacial score (nSPS) is 16.9. The van der Waals surface area contributed by atoms with Gasteiger partial charge in [0, 0.05) is 53.5 Å². The molecular formula is C21H24ClFN4O2. The highest BCUT2D eigenvalue weighted by Crippen LogP contribution is 2.31. The molecule has 1 fully saturated rings. The number of nitrogen functional groups attached to an aromatic ring is 1. The van der Waals surface area contributed by atoms with Gasteiger partial charge < -0.3 is 20.9 Å². The van der Waals surface area contributed by atoms with Crippen LogP contribution in [0.2, 0.25) is 5.02 Å². The molecule has 0 aliphatic carbocycles. The average molecular weight is 419 g/mol. The quantitative estimate of drug-likeness (QED) is 0.687. The number of nitrogens with zero attached hydrogens (tertiary/aromatic N) is 2. The number of pyridine rings is 1. The Bertz CT molecular complexity index is 914. The molecule has 0 bridgehead atoms. The van der Waals surface area contributed by atoms with E-state index in [1.54, 1.807) is 25.4 Å². The van der Waals surface area contributed by atoms with Gasteiger partial charge in [-0.25, -0.2) is 9.37 Å². The van der Waals surface area contributed by atoms with Gasteiger partial charge in [0.2, 0.25) is 0 Å². The van der Waals surface area contributed by atoms with Crippen LogP contribution in [-0.2, 0) is 4.74 Å². The number of ether oxygens (including phenoxy) is 2. The fraction of sp³-hybridized carbons (Fsp3) is 0.333. The Kier molecular flexibility index (Phi) is 7.06. The van der Waals surface area contributed by atoms with Crippen molar-refractivity contribution < 1.29 is 13.9 Å². The lowest BCUT2D eigenvalue weighted by Crippen LogP contribution is -2.18. The second-order valence-corrected chi connectivity index (χ2v) is 7.18. The number of halogens is 2. The number of rotatable bonds is 6. The summed E-state index contributed by atoms with van der Waals surface area (Å²) in [7, 11) is 0. The summed E-state index contributed by atoms with van der Waals surface area (Å²) in [6.45, 7) is 3.19. The molecule has 1 saturated heterocycles. The van der Waals surface area contributed by atoms with E-state index in [-0.39, 0.29) is 11.9 Å². The van der Waals surface area contributed by atoms with Gasteiger partial charge in [-0.15, -0.1) is 0 Å². The molecule has 1 unspecified atom stereocenters. The van der Waals surface area contributed by atoms with Crippen molar-refractivity contribution in [3.05, 3.63) is 58.6 Å². The smallest absolute Gasteiger partial charge is 0.166 e. The van der Waals surface area contributed by atoms with Crippen molar-refractivity contribution >= 4 is 29.2 Å². The van der Waals surface area contributed by atoms with Gasteiger partial charge in [0.1, 0.15) is 11.9 Å². The van der Waals surface area contributed by atoms with E-state index in [0.29, 0.717) is 40.7 Å². The number of anilines is 1. The number of hydrogen-bond donors (Lipinski definition) is 2. The van der Waals surface area contributed by atoms with Crippen molar-refractivity contribution in [2.75, 3.05) is 18.9 Å².